The Bertz CT molecular complexity index is 393. The van der Waals surface area contributed by atoms with Crippen LogP contribution in [0.1, 0.15) is 33.6 Å². The molecule has 0 radical (unpaired) electrons. The van der Waals surface area contributed by atoms with Crippen LogP contribution < -0.4 is 10.5 Å². The van der Waals surface area contributed by atoms with E-state index in [2.05, 4.69) is 10.2 Å². The minimum Gasteiger partial charge on any atom is -0.293 e. The van der Waals surface area contributed by atoms with E-state index in [-0.39, 0.29) is 17.5 Å². The molecule has 5 heteroatoms. The lowest BCUT2D eigenvalue weighted by Gasteiger charge is -2.26. The molecule has 1 N–H and O–H groups in total. The Balaban J connectivity index is 3.05. The molecule has 0 spiro atoms. The lowest BCUT2D eigenvalue weighted by atomic mass is 10.2. The zero-order valence-electron chi connectivity index (χ0n) is 9.86. The van der Waals surface area contributed by atoms with Gasteiger partial charge in [-0.3, -0.25) is 14.5 Å². The number of carbonyl (C=O) groups excluding carboxylic acids is 1. The second-order valence-electron chi connectivity index (χ2n) is 3.65. The third-order valence-corrected chi connectivity index (χ3v) is 2.51. The molecule has 5 nitrogen and oxygen atoms in total. The van der Waals surface area contributed by atoms with Crippen LogP contribution in [0, 0.1) is 0 Å². The second kappa shape index (κ2) is 5.44. The van der Waals surface area contributed by atoms with Gasteiger partial charge in [0.1, 0.15) is 0 Å². The highest BCUT2D eigenvalue weighted by atomic mass is 16.2. The molecule has 88 valence electrons. The fourth-order valence-electron chi connectivity index (χ4n) is 1.42. The number of amides is 1. The number of carbonyl (C=O) groups is 1. The molecular formula is C11H17N3O2. The van der Waals surface area contributed by atoms with Gasteiger partial charge in [-0.25, -0.2) is 5.10 Å². The number of hydrogen-bond acceptors (Lipinski definition) is 3. The van der Waals surface area contributed by atoms with Crippen molar-refractivity contribution in [1.29, 1.82) is 0 Å². The van der Waals surface area contributed by atoms with Crippen molar-refractivity contribution in [3.05, 3.63) is 22.5 Å². The highest BCUT2D eigenvalue weighted by Gasteiger charge is 2.20. The van der Waals surface area contributed by atoms with Gasteiger partial charge in [-0.1, -0.05) is 13.8 Å². The summed E-state index contributed by atoms with van der Waals surface area (Å²) in [6.45, 7) is 5.77. The summed E-state index contributed by atoms with van der Waals surface area (Å²) in [5, 5.41) is 6.22. The van der Waals surface area contributed by atoms with E-state index in [1.165, 1.54) is 6.07 Å². The Morgan fingerprint density at radius 3 is 2.62 bits per heavy atom. The summed E-state index contributed by atoms with van der Waals surface area (Å²) < 4.78 is 0. The molecular weight excluding hydrogens is 206 g/mol. The van der Waals surface area contributed by atoms with Crippen LogP contribution in [0.4, 0.5) is 5.82 Å². The molecule has 1 heterocycles. The number of anilines is 1. The highest BCUT2D eigenvalue weighted by Crippen LogP contribution is 2.15. The fourth-order valence-corrected chi connectivity index (χ4v) is 1.42. The van der Waals surface area contributed by atoms with Crippen LogP contribution >= 0.6 is 0 Å². The number of hydrogen-bond donors (Lipinski definition) is 1. The van der Waals surface area contributed by atoms with Gasteiger partial charge < -0.3 is 0 Å². The Morgan fingerprint density at radius 1 is 1.50 bits per heavy atom. The van der Waals surface area contributed by atoms with E-state index in [4.69, 9.17) is 0 Å². The predicted octanol–water partition coefficient (Wildman–Crippen LogP) is 1.31. The van der Waals surface area contributed by atoms with Gasteiger partial charge in [-0.15, -0.1) is 0 Å². The molecule has 0 aliphatic heterocycles. The quantitative estimate of drug-likeness (QED) is 0.837. The van der Waals surface area contributed by atoms with Crippen molar-refractivity contribution in [2.24, 2.45) is 0 Å². The first-order chi connectivity index (χ1) is 7.60. The van der Waals surface area contributed by atoms with Gasteiger partial charge >= 0.3 is 0 Å². The minimum absolute atomic E-state index is 0.00824. The smallest absolute Gasteiger partial charge is 0.264 e. The lowest BCUT2D eigenvalue weighted by molar-refractivity contribution is -0.118. The first-order valence-electron chi connectivity index (χ1n) is 5.47. The Kier molecular flexibility index (Phi) is 4.22. The second-order valence-corrected chi connectivity index (χ2v) is 3.65. The van der Waals surface area contributed by atoms with E-state index in [1.807, 2.05) is 20.8 Å². The van der Waals surface area contributed by atoms with Crippen LogP contribution in [-0.4, -0.2) is 22.1 Å². The molecule has 0 saturated carbocycles. The molecule has 1 rings (SSSR count). The van der Waals surface area contributed by atoms with Gasteiger partial charge in [0, 0.05) is 18.5 Å². The fraction of sp³-hybridized carbons (Fsp3) is 0.545. The van der Waals surface area contributed by atoms with E-state index in [0.29, 0.717) is 12.2 Å². The number of H-pyrrole nitrogens is 1. The van der Waals surface area contributed by atoms with E-state index in [1.54, 1.807) is 11.0 Å². The Morgan fingerprint density at radius 2 is 2.19 bits per heavy atom. The largest absolute Gasteiger partial charge is 0.293 e. The molecule has 16 heavy (non-hydrogen) atoms. The maximum atomic E-state index is 11.8. The molecule has 1 atom stereocenters. The van der Waals surface area contributed by atoms with Gasteiger partial charge in [0.2, 0.25) is 5.91 Å². The van der Waals surface area contributed by atoms with Crippen molar-refractivity contribution >= 4 is 11.7 Å². The Hall–Kier alpha value is -1.65. The highest BCUT2D eigenvalue weighted by molar-refractivity contribution is 5.92. The first-order valence-corrected chi connectivity index (χ1v) is 5.47. The summed E-state index contributed by atoms with van der Waals surface area (Å²) >= 11 is 0. The zero-order valence-corrected chi connectivity index (χ0v) is 9.86. The van der Waals surface area contributed by atoms with Crippen LogP contribution in [-0.2, 0) is 4.79 Å². The molecule has 0 aliphatic rings. The number of aromatic amines is 1. The zero-order chi connectivity index (χ0) is 12.1. The topological polar surface area (TPSA) is 66.1 Å². The SMILES string of the molecule is CCC(=O)N(c1ccc(=O)[nH]n1)C(C)CC. The molecule has 0 aliphatic carbocycles. The predicted molar refractivity (Wildman–Crippen MR) is 62.4 cm³/mol. The van der Waals surface area contributed by atoms with Crippen molar-refractivity contribution in [2.75, 3.05) is 4.90 Å². The number of rotatable bonds is 4. The van der Waals surface area contributed by atoms with Crippen LogP contribution in [0.15, 0.2) is 16.9 Å². The number of nitrogens with one attached hydrogen (secondary N) is 1. The number of nitrogens with zero attached hydrogens (tertiary/aromatic N) is 2. The average molecular weight is 223 g/mol. The minimum atomic E-state index is -0.267. The van der Waals surface area contributed by atoms with Crippen LogP contribution in [0.2, 0.25) is 0 Å². The molecule has 0 saturated heterocycles. The summed E-state index contributed by atoms with van der Waals surface area (Å²) in [5.41, 5.74) is -0.267. The summed E-state index contributed by atoms with van der Waals surface area (Å²) in [5.74, 6) is 0.509. The van der Waals surface area contributed by atoms with E-state index in [0.717, 1.165) is 6.42 Å². The van der Waals surface area contributed by atoms with E-state index >= 15 is 0 Å². The molecule has 0 fully saturated rings. The lowest BCUT2D eigenvalue weighted by Crippen LogP contribution is -2.39. The van der Waals surface area contributed by atoms with Crippen molar-refractivity contribution in [3.63, 3.8) is 0 Å². The van der Waals surface area contributed by atoms with Gasteiger partial charge in [-0.2, -0.15) is 5.10 Å². The normalized spacial score (nSPS) is 12.2. The molecule has 1 aromatic rings. The molecule has 0 bridgehead atoms. The molecule has 1 unspecified atom stereocenters. The Labute approximate surface area is 94.5 Å². The maximum absolute atomic E-state index is 11.8. The third kappa shape index (κ3) is 2.68. The third-order valence-electron chi connectivity index (χ3n) is 2.51. The van der Waals surface area contributed by atoms with Crippen LogP contribution in [0.5, 0.6) is 0 Å². The van der Waals surface area contributed by atoms with Gasteiger partial charge in [0.05, 0.1) is 0 Å². The van der Waals surface area contributed by atoms with Crippen molar-refractivity contribution in [3.8, 4) is 0 Å². The van der Waals surface area contributed by atoms with E-state index in [9.17, 15) is 9.59 Å². The van der Waals surface area contributed by atoms with Crippen LogP contribution in [0.25, 0.3) is 0 Å². The monoisotopic (exact) mass is 223 g/mol. The standard InChI is InChI=1S/C11H17N3O2/c1-4-8(3)14(11(16)5-2)9-6-7-10(15)13-12-9/h6-8H,4-5H2,1-3H3,(H,13,15). The average Bonchev–Trinajstić information content (AvgIpc) is 2.31. The van der Waals surface area contributed by atoms with E-state index < -0.39 is 0 Å². The maximum Gasteiger partial charge on any atom is 0.264 e. The van der Waals surface area contributed by atoms with Crippen molar-refractivity contribution < 1.29 is 4.79 Å². The van der Waals surface area contributed by atoms with Gasteiger partial charge in [-0.05, 0) is 19.4 Å². The summed E-state index contributed by atoms with van der Waals surface area (Å²) in [6, 6.07) is 3.02. The molecule has 1 aromatic heterocycles. The molecule has 0 aromatic carbocycles. The summed E-state index contributed by atoms with van der Waals surface area (Å²) in [4.78, 5) is 24.3. The summed E-state index contributed by atoms with van der Waals surface area (Å²) in [6.07, 6.45) is 1.26. The van der Waals surface area contributed by atoms with Gasteiger partial charge in [0.25, 0.3) is 5.56 Å². The van der Waals surface area contributed by atoms with Crippen molar-refractivity contribution in [2.45, 2.75) is 39.7 Å². The van der Waals surface area contributed by atoms with Crippen molar-refractivity contribution in [1.82, 2.24) is 10.2 Å². The number of aromatic nitrogens is 2. The van der Waals surface area contributed by atoms with Gasteiger partial charge in [0.15, 0.2) is 5.82 Å². The molecule has 1 amide bonds. The summed E-state index contributed by atoms with van der Waals surface area (Å²) in [7, 11) is 0. The van der Waals surface area contributed by atoms with Crippen LogP contribution in [0.3, 0.4) is 0 Å². The first kappa shape index (κ1) is 12.4.